The third kappa shape index (κ3) is 4.73. The number of aliphatic hydroxyl groups excluding tert-OH is 1. The third-order valence-corrected chi connectivity index (χ3v) is 1.54. The van der Waals surface area contributed by atoms with Crippen LogP contribution in [0, 0.1) is 0 Å². The van der Waals surface area contributed by atoms with Gasteiger partial charge in [0, 0.05) is 13.1 Å². The largest absolute Gasteiger partial charge is 0.379 e. The fraction of sp³-hybridized carbons (Fsp3) is 1.00. The van der Waals surface area contributed by atoms with E-state index in [0.717, 1.165) is 13.1 Å². The van der Waals surface area contributed by atoms with Gasteiger partial charge in [-0.1, -0.05) is 0 Å². The summed E-state index contributed by atoms with van der Waals surface area (Å²) in [6, 6.07) is 0. The second kappa shape index (κ2) is 4.66. The van der Waals surface area contributed by atoms with Crippen molar-refractivity contribution >= 4 is 0 Å². The van der Waals surface area contributed by atoms with Gasteiger partial charge in [0.25, 0.3) is 0 Å². The molecule has 0 rings (SSSR count). The molecule has 0 bridgehead atoms. The summed E-state index contributed by atoms with van der Waals surface area (Å²) in [4.78, 5) is 4.00. The average molecular weight is 146 g/mol. The second-order valence-corrected chi connectivity index (χ2v) is 2.92. The molecule has 0 aromatic heterocycles. The van der Waals surface area contributed by atoms with Gasteiger partial charge in [-0.15, -0.1) is 0 Å². The fourth-order valence-electron chi connectivity index (χ4n) is 0.545. The van der Waals surface area contributed by atoms with Gasteiger partial charge >= 0.3 is 0 Å². The van der Waals surface area contributed by atoms with Gasteiger partial charge in [0.2, 0.25) is 0 Å². The molecular formula is C7H18N2O. The number of aliphatic hydroxyl groups is 1. The summed E-state index contributed by atoms with van der Waals surface area (Å²) in [5.41, 5.74) is 0. The summed E-state index contributed by atoms with van der Waals surface area (Å²) in [6.07, 6.45) is -0.333. The van der Waals surface area contributed by atoms with Crippen LogP contribution in [0.3, 0.4) is 0 Å². The van der Waals surface area contributed by atoms with Gasteiger partial charge in [-0.3, -0.25) is 4.90 Å². The Balaban J connectivity index is 3.30. The molecule has 0 aromatic carbocycles. The molecule has 0 spiro atoms. The number of nitrogens with zero attached hydrogens (tertiary/aromatic N) is 2. The van der Waals surface area contributed by atoms with Crippen molar-refractivity contribution < 1.29 is 5.11 Å². The molecule has 0 saturated carbocycles. The highest BCUT2D eigenvalue weighted by Gasteiger charge is 2.03. The molecule has 1 unspecified atom stereocenters. The zero-order chi connectivity index (χ0) is 8.15. The van der Waals surface area contributed by atoms with E-state index in [1.165, 1.54) is 0 Å². The van der Waals surface area contributed by atoms with Gasteiger partial charge in [-0.25, -0.2) is 0 Å². The highest BCUT2D eigenvalue weighted by Crippen LogP contribution is 1.89. The minimum atomic E-state index is -0.333. The van der Waals surface area contributed by atoms with Crippen molar-refractivity contribution in [2.45, 2.75) is 13.2 Å². The molecule has 0 fully saturated rings. The molecule has 0 aliphatic carbocycles. The maximum atomic E-state index is 9.04. The first kappa shape index (κ1) is 9.88. The Bertz CT molecular complexity index is 83.7. The van der Waals surface area contributed by atoms with Crippen LogP contribution in [0.5, 0.6) is 0 Å². The van der Waals surface area contributed by atoms with Crippen molar-refractivity contribution in [1.29, 1.82) is 0 Å². The van der Waals surface area contributed by atoms with Crippen LogP contribution < -0.4 is 0 Å². The van der Waals surface area contributed by atoms with Crippen LogP contribution in [0.4, 0.5) is 0 Å². The molecule has 3 heteroatoms. The van der Waals surface area contributed by atoms with Crippen molar-refractivity contribution in [1.82, 2.24) is 9.80 Å². The third-order valence-electron chi connectivity index (χ3n) is 1.54. The van der Waals surface area contributed by atoms with Gasteiger partial charge in [0.15, 0.2) is 0 Å². The first-order chi connectivity index (χ1) is 4.54. The predicted octanol–water partition coefficient (Wildman–Crippen LogP) is -0.182. The van der Waals surface area contributed by atoms with Gasteiger partial charge < -0.3 is 10.0 Å². The minimum Gasteiger partial charge on any atom is -0.379 e. The summed E-state index contributed by atoms with van der Waals surface area (Å²) in [5.74, 6) is 0. The van der Waals surface area contributed by atoms with E-state index >= 15 is 0 Å². The Morgan fingerprint density at radius 3 is 2.00 bits per heavy atom. The highest BCUT2D eigenvalue weighted by atomic mass is 16.3. The van der Waals surface area contributed by atoms with Crippen LogP contribution in [0.2, 0.25) is 0 Å². The predicted molar refractivity (Wildman–Crippen MR) is 42.9 cm³/mol. The minimum absolute atomic E-state index is 0.333. The lowest BCUT2D eigenvalue weighted by molar-refractivity contribution is 0.0348. The Kier molecular flexibility index (Phi) is 4.60. The van der Waals surface area contributed by atoms with Crippen LogP contribution in [-0.4, -0.2) is 55.4 Å². The van der Waals surface area contributed by atoms with E-state index in [-0.39, 0.29) is 6.23 Å². The smallest absolute Gasteiger partial charge is 0.104 e. The van der Waals surface area contributed by atoms with Crippen molar-refractivity contribution in [3.05, 3.63) is 0 Å². The van der Waals surface area contributed by atoms with Crippen molar-refractivity contribution in [3.8, 4) is 0 Å². The van der Waals surface area contributed by atoms with E-state index in [2.05, 4.69) is 4.90 Å². The fourth-order valence-corrected chi connectivity index (χ4v) is 0.545. The lowest BCUT2D eigenvalue weighted by atomic mass is 10.5. The molecule has 1 atom stereocenters. The average Bonchev–Trinajstić information content (AvgIpc) is 1.82. The normalized spacial score (nSPS) is 14.7. The Morgan fingerprint density at radius 2 is 1.70 bits per heavy atom. The molecule has 0 amide bonds. The zero-order valence-electron chi connectivity index (χ0n) is 7.33. The Labute approximate surface area is 63.2 Å². The van der Waals surface area contributed by atoms with E-state index in [4.69, 9.17) is 5.11 Å². The Hall–Kier alpha value is -0.120. The second-order valence-electron chi connectivity index (χ2n) is 2.92. The highest BCUT2D eigenvalue weighted by molar-refractivity contribution is 4.53. The molecule has 62 valence electrons. The molecule has 0 radical (unpaired) electrons. The number of hydrogen-bond donors (Lipinski definition) is 1. The van der Waals surface area contributed by atoms with Gasteiger partial charge in [0.1, 0.15) is 6.23 Å². The van der Waals surface area contributed by atoms with E-state index < -0.39 is 0 Å². The molecule has 0 heterocycles. The summed E-state index contributed by atoms with van der Waals surface area (Å²) in [7, 11) is 5.96. The van der Waals surface area contributed by atoms with E-state index in [1.807, 2.05) is 26.0 Å². The molecular weight excluding hydrogens is 128 g/mol. The van der Waals surface area contributed by atoms with Crippen LogP contribution in [0.25, 0.3) is 0 Å². The van der Waals surface area contributed by atoms with Crippen LogP contribution in [0.1, 0.15) is 6.92 Å². The van der Waals surface area contributed by atoms with Crippen molar-refractivity contribution in [3.63, 3.8) is 0 Å². The summed E-state index contributed by atoms with van der Waals surface area (Å²) in [5, 5.41) is 9.04. The molecule has 0 saturated heterocycles. The lowest BCUT2D eigenvalue weighted by Gasteiger charge is -2.21. The molecule has 10 heavy (non-hydrogen) atoms. The lowest BCUT2D eigenvalue weighted by Crippen LogP contribution is -2.34. The maximum absolute atomic E-state index is 9.04. The standard InChI is InChI=1S/C7H18N2O/c1-7(10)9(4)6-5-8(2)3/h7,10H,5-6H2,1-4H3. The van der Waals surface area contributed by atoms with E-state index in [1.54, 1.807) is 6.92 Å². The number of rotatable bonds is 4. The zero-order valence-corrected chi connectivity index (χ0v) is 7.33. The first-order valence-electron chi connectivity index (χ1n) is 3.57. The van der Waals surface area contributed by atoms with Crippen LogP contribution >= 0.6 is 0 Å². The first-order valence-corrected chi connectivity index (χ1v) is 3.57. The molecule has 3 nitrogen and oxygen atoms in total. The monoisotopic (exact) mass is 146 g/mol. The van der Waals surface area contributed by atoms with E-state index in [9.17, 15) is 0 Å². The molecule has 0 aliphatic rings. The Morgan fingerprint density at radius 1 is 1.20 bits per heavy atom. The van der Waals surface area contributed by atoms with Crippen LogP contribution in [0.15, 0.2) is 0 Å². The van der Waals surface area contributed by atoms with Gasteiger partial charge in [-0.05, 0) is 28.1 Å². The van der Waals surface area contributed by atoms with Gasteiger partial charge in [-0.2, -0.15) is 0 Å². The van der Waals surface area contributed by atoms with Crippen molar-refractivity contribution in [2.24, 2.45) is 0 Å². The molecule has 0 aliphatic heterocycles. The summed E-state index contributed by atoms with van der Waals surface area (Å²) < 4.78 is 0. The molecule has 1 N–H and O–H groups in total. The topological polar surface area (TPSA) is 26.7 Å². The van der Waals surface area contributed by atoms with Crippen molar-refractivity contribution in [2.75, 3.05) is 34.2 Å². The summed E-state index contributed by atoms with van der Waals surface area (Å²) >= 11 is 0. The summed E-state index contributed by atoms with van der Waals surface area (Å²) in [6.45, 7) is 3.67. The number of likely N-dealkylation sites (N-methyl/N-ethyl adjacent to an activating group) is 2. The molecule has 0 aromatic rings. The maximum Gasteiger partial charge on any atom is 0.104 e. The van der Waals surface area contributed by atoms with Gasteiger partial charge in [0.05, 0.1) is 0 Å². The SMILES string of the molecule is CC(O)N(C)CCN(C)C. The van der Waals surface area contributed by atoms with E-state index in [0.29, 0.717) is 0 Å². The quantitative estimate of drug-likeness (QED) is 0.557. The number of hydrogen-bond acceptors (Lipinski definition) is 3. The van der Waals surface area contributed by atoms with Crippen LogP contribution in [-0.2, 0) is 0 Å².